The summed E-state index contributed by atoms with van der Waals surface area (Å²) in [4.78, 5) is 2.71. The highest BCUT2D eigenvalue weighted by atomic mass is 16.5. The third-order valence-electron chi connectivity index (χ3n) is 6.14. The van der Waals surface area contributed by atoms with Gasteiger partial charge in [-0.25, -0.2) is 0 Å². The minimum Gasteiger partial charge on any atom is -0.497 e. The fraction of sp³-hybridized carbons (Fsp3) is 0.714. The zero-order valence-corrected chi connectivity index (χ0v) is 15.2. The molecule has 0 spiro atoms. The van der Waals surface area contributed by atoms with Crippen LogP contribution >= 0.6 is 0 Å². The fourth-order valence-electron chi connectivity index (χ4n) is 5.03. The lowest BCUT2D eigenvalue weighted by molar-refractivity contribution is 0.176. The van der Waals surface area contributed by atoms with Gasteiger partial charge in [-0.3, -0.25) is 0 Å². The predicted molar refractivity (Wildman–Crippen MR) is 97.1 cm³/mol. The third-order valence-corrected chi connectivity index (χ3v) is 6.14. The van der Waals surface area contributed by atoms with Crippen molar-refractivity contribution in [3.63, 3.8) is 0 Å². The van der Waals surface area contributed by atoms with Crippen molar-refractivity contribution in [2.75, 3.05) is 26.7 Å². The molecule has 0 N–H and O–H groups in total. The molecule has 2 unspecified atom stereocenters. The minimum atomic E-state index is 0.387. The van der Waals surface area contributed by atoms with Gasteiger partial charge in [-0.2, -0.15) is 0 Å². The highest BCUT2D eigenvalue weighted by molar-refractivity contribution is 5.35. The summed E-state index contributed by atoms with van der Waals surface area (Å²) in [5.41, 5.74) is 1.92. The average Bonchev–Trinajstić information content (AvgIpc) is 2.75. The van der Waals surface area contributed by atoms with Gasteiger partial charge in [-0.1, -0.05) is 38.8 Å². The van der Waals surface area contributed by atoms with E-state index in [1.165, 1.54) is 63.7 Å². The Morgan fingerprint density at radius 3 is 2.83 bits per heavy atom. The molecule has 1 aromatic carbocycles. The molecule has 2 aliphatic rings. The van der Waals surface area contributed by atoms with Crippen LogP contribution in [0, 0.1) is 11.8 Å². The van der Waals surface area contributed by atoms with Crippen LogP contribution in [0.15, 0.2) is 24.3 Å². The lowest BCUT2D eigenvalue weighted by Gasteiger charge is -2.44. The number of likely N-dealkylation sites (tertiary alicyclic amines) is 1. The second-order valence-corrected chi connectivity index (χ2v) is 8.06. The Morgan fingerprint density at radius 1 is 1.17 bits per heavy atom. The summed E-state index contributed by atoms with van der Waals surface area (Å²) in [6.07, 6.45) is 8.26. The Morgan fingerprint density at radius 2 is 2.04 bits per heavy atom. The minimum absolute atomic E-state index is 0.387. The van der Waals surface area contributed by atoms with Crippen LogP contribution < -0.4 is 4.74 Å². The van der Waals surface area contributed by atoms with Crippen LogP contribution in [0.3, 0.4) is 0 Å². The first-order valence-corrected chi connectivity index (χ1v) is 9.51. The largest absolute Gasteiger partial charge is 0.497 e. The van der Waals surface area contributed by atoms with Crippen molar-refractivity contribution < 1.29 is 4.74 Å². The molecule has 1 aliphatic heterocycles. The number of hydrogen-bond acceptors (Lipinski definition) is 2. The van der Waals surface area contributed by atoms with Crippen LogP contribution in [-0.4, -0.2) is 31.6 Å². The maximum Gasteiger partial charge on any atom is 0.119 e. The summed E-state index contributed by atoms with van der Waals surface area (Å²) in [6, 6.07) is 8.94. The van der Waals surface area contributed by atoms with Gasteiger partial charge >= 0.3 is 0 Å². The van der Waals surface area contributed by atoms with Crippen LogP contribution in [0.25, 0.3) is 0 Å². The van der Waals surface area contributed by atoms with E-state index < -0.39 is 0 Å². The standard InChI is InChI=1S/C21H33NO/c1-17(2)16-22-13-10-18-7-4-5-11-21(18,12-14-22)19-8-6-9-20(15-19)23-3/h6,8-9,15,17-18H,4-5,7,10-14,16H2,1-3H3. The molecule has 128 valence electrons. The van der Waals surface area contributed by atoms with Gasteiger partial charge in [0.15, 0.2) is 0 Å². The maximum atomic E-state index is 5.52. The summed E-state index contributed by atoms with van der Waals surface area (Å²) in [5, 5.41) is 0. The van der Waals surface area contributed by atoms with E-state index in [2.05, 4.69) is 43.0 Å². The highest BCUT2D eigenvalue weighted by Crippen LogP contribution is 2.49. The van der Waals surface area contributed by atoms with Gasteiger partial charge in [0.25, 0.3) is 0 Å². The van der Waals surface area contributed by atoms with Crippen LogP contribution in [0.2, 0.25) is 0 Å². The van der Waals surface area contributed by atoms with Gasteiger partial charge in [0.2, 0.25) is 0 Å². The molecule has 0 aromatic heterocycles. The lowest BCUT2D eigenvalue weighted by Crippen LogP contribution is -2.38. The average molecular weight is 316 g/mol. The molecule has 0 radical (unpaired) electrons. The monoisotopic (exact) mass is 315 g/mol. The van der Waals surface area contributed by atoms with Crippen molar-refractivity contribution in [2.24, 2.45) is 11.8 Å². The Labute approximate surface area is 142 Å². The molecule has 3 rings (SSSR count). The Kier molecular flexibility index (Phi) is 5.31. The molecule has 2 atom stereocenters. The summed E-state index contributed by atoms with van der Waals surface area (Å²) in [5.74, 6) is 2.63. The summed E-state index contributed by atoms with van der Waals surface area (Å²) < 4.78 is 5.52. The summed E-state index contributed by atoms with van der Waals surface area (Å²) >= 11 is 0. The first-order valence-electron chi connectivity index (χ1n) is 9.51. The smallest absolute Gasteiger partial charge is 0.119 e. The summed E-state index contributed by atoms with van der Waals surface area (Å²) in [6.45, 7) is 8.48. The SMILES string of the molecule is COc1cccc(C23CCCCC2CCN(CC(C)C)CC3)c1. The number of rotatable bonds is 4. The summed E-state index contributed by atoms with van der Waals surface area (Å²) in [7, 11) is 1.78. The van der Waals surface area contributed by atoms with Gasteiger partial charge < -0.3 is 9.64 Å². The van der Waals surface area contributed by atoms with Gasteiger partial charge in [-0.05, 0) is 73.7 Å². The normalized spacial score (nSPS) is 29.1. The zero-order valence-electron chi connectivity index (χ0n) is 15.2. The number of hydrogen-bond donors (Lipinski definition) is 0. The Balaban J connectivity index is 1.88. The van der Waals surface area contributed by atoms with E-state index in [1.54, 1.807) is 7.11 Å². The fourth-order valence-corrected chi connectivity index (χ4v) is 5.03. The molecular weight excluding hydrogens is 282 g/mol. The number of fused-ring (bicyclic) bond motifs is 1. The highest BCUT2D eigenvalue weighted by Gasteiger charge is 2.43. The van der Waals surface area contributed by atoms with Crippen molar-refractivity contribution in [2.45, 2.75) is 57.8 Å². The van der Waals surface area contributed by atoms with Crippen LogP contribution in [-0.2, 0) is 5.41 Å². The van der Waals surface area contributed by atoms with Gasteiger partial charge in [0.1, 0.15) is 5.75 Å². The van der Waals surface area contributed by atoms with Crippen LogP contribution in [0.5, 0.6) is 5.75 Å². The van der Waals surface area contributed by atoms with Crippen LogP contribution in [0.1, 0.15) is 57.9 Å². The zero-order chi connectivity index (χ0) is 16.3. The first kappa shape index (κ1) is 16.8. The van der Waals surface area contributed by atoms with E-state index in [1.807, 2.05) is 0 Å². The molecule has 1 saturated heterocycles. The van der Waals surface area contributed by atoms with E-state index in [9.17, 15) is 0 Å². The molecule has 1 heterocycles. The molecule has 1 aromatic rings. The van der Waals surface area contributed by atoms with E-state index >= 15 is 0 Å². The molecule has 0 amide bonds. The number of methoxy groups -OCH3 is 1. The predicted octanol–water partition coefficient (Wildman–Crippen LogP) is 4.88. The molecule has 23 heavy (non-hydrogen) atoms. The maximum absolute atomic E-state index is 5.52. The van der Waals surface area contributed by atoms with E-state index in [4.69, 9.17) is 4.74 Å². The molecule has 0 bridgehead atoms. The van der Waals surface area contributed by atoms with Crippen molar-refractivity contribution in [3.05, 3.63) is 29.8 Å². The van der Waals surface area contributed by atoms with Crippen molar-refractivity contribution in [1.82, 2.24) is 4.90 Å². The van der Waals surface area contributed by atoms with E-state index in [-0.39, 0.29) is 0 Å². The van der Waals surface area contributed by atoms with Crippen molar-refractivity contribution >= 4 is 0 Å². The lowest BCUT2D eigenvalue weighted by atomic mass is 9.60. The quantitative estimate of drug-likeness (QED) is 0.785. The molecular formula is C21H33NO. The van der Waals surface area contributed by atoms with E-state index in [0.717, 1.165) is 17.6 Å². The van der Waals surface area contributed by atoms with Crippen LogP contribution in [0.4, 0.5) is 0 Å². The van der Waals surface area contributed by atoms with Crippen molar-refractivity contribution in [1.29, 1.82) is 0 Å². The Bertz CT molecular complexity index is 512. The third kappa shape index (κ3) is 3.57. The second-order valence-electron chi connectivity index (χ2n) is 8.06. The molecule has 2 nitrogen and oxygen atoms in total. The topological polar surface area (TPSA) is 12.5 Å². The first-order chi connectivity index (χ1) is 11.1. The molecule has 1 aliphatic carbocycles. The van der Waals surface area contributed by atoms with Crippen molar-refractivity contribution in [3.8, 4) is 5.75 Å². The van der Waals surface area contributed by atoms with Gasteiger partial charge in [0.05, 0.1) is 7.11 Å². The number of benzene rings is 1. The van der Waals surface area contributed by atoms with Gasteiger partial charge in [0, 0.05) is 6.54 Å². The van der Waals surface area contributed by atoms with Gasteiger partial charge in [-0.15, -0.1) is 0 Å². The number of ether oxygens (including phenoxy) is 1. The molecule has 2 heteroatoms. The second kappa shape index (κ2) is 7.25. The molecule has 2 fully saturated rings. The Hall–Kier alpha value is -1.02. The number of nitrogens with zero attached hydrogens (tertiary/aromatic N) is 1. The molecule has 1 saturated carbocycles. The van der Waals surface area contributed by atoms with E-state index in [0.29, 0.717) is 5.41 Å².